The number of nitrogens with one attached hydrogen (secondary N) is 2. The first kappa shape index (κ1) is 16.1. The number of aromatic amines is 1. The van der Waals surface area contributed by atoms with E-state index in [0.717, 1.165) is 41.7 Å². The maximum atomic E-state index is 6.79. The highest BCUT2D eigenvalue weighted by Gasteiger charge is 2.39. The number of hydrogen-bond donors (Lipinski definition) is 3. The molecule has 25 heavy (non-hydrogen) atoms. The number of hydrogen-bond acceptors (Lipinski definition) is 5. The first-order chi connectivity index (χ1) is 12.1. The highest BCUT2D eigenvalue weighted by Crippen LogP contribution is 2.39. The molecule has 4 rings (SSSR count). The van der Waals surface area contributed by atoms with Crippen molar-refractivity contribution in [1.82, 2.24) is 20.3 Å². The SMILES string of the molecule is CN[C@@H]1CCCN(c2cccc3[nH]cc(-c4cncnc4)c23)[C@]1(C)N. The summed E-state index contributed by atoms with van der Waals surface area (Å²) < 4.78 is 0. The Bertz CT molecular complexity index is 870. The largest absolute Gasteiger partial charge is 0.360 e. The number of H-pyrrole nitrogens is 1. The molecule has 3 aromatic rings. The van der Waals surface area contributed by atoms with Crippen molar-refractivity contribution in [2.45, 2.75) is 31.5 Å². The van der Waals surface area contributed by atoms with Crippen LogP contribution in [0.3, 0.4) is 0 Å². The quantitative estimate of drug-likeness (QED) is 0.684. The van der Waals surface area contributed by atoms with Crippen molar-refractivity contribution in [2.75, 3.05) is 18.5 Å². The molecular weight excluding hydrogens is 312 g/mol. The molecule has 3 heterocycles. The van der Waals surface area contributed by atoms with Crippen LogP contribution in [0.4, 0.5) is 5.69 Å². The van der Waals surface area contributed by atoms with Gasteiger partial charge in [-0.25, -0.2) is 9.97 Å². The van der Waals surface area contributed by atoms with E-state index in [9.17, 15) is 0 Å². The van der Waals surface area contributed by atoms with Gasteiger partial charge in [-0.3, -0.25) is 0 Å². The van der Waals surface area contributed by atoms with E-state index in [0.29, 0.717) is 0 Å². The summed E-state index contributed by atoms with van der Waals surface area (Å²) in [6.45, 7) is 3.06. The molecule has 1 saturated heterocycles. The number of benzene rings is 1. The zero-order valence-corrected chi connectivity index (χ0v) is 14.7. The fraction of sp³-hybridized carbons (Fsp3) is 0.368. The Morgan fingerprint density at radius 1 is 1.32 bits per heavy atom. The minimum Gasteiger partial charge on any atom is -0.360 e. The van der Waals surface area contributed by atoms with Gasteiger partial charge in [-0.2, -0.15) is 0 Å². The molecular formula is C19H24N6. The molecule has 0 saturated carbocycles. The van der Waals surface area contributed by atoms with Crippen LogP contribution in [-0.4, -0.2) is 40.2 Å². The molecule has 0 amide bonds. The highest BCUT2D eigenvalue weighted by atomic mass is 15.3. The number of rotatable bonds is 3. The van der Waals surface area contributed by atoms with Gasteiger partial charge in [-0.1, -0.05) is 6.07 Å². The zero-order chi connectivity index (χ0) is 17.4. The summed E-state index contributed by atoms with van der Waals surface area (Å²) in [7, 11) is 1.99. The summed E-state index contributed by atoms with van der Waals surface area (Å²) in [4.78, 5) is 14.1. The van der Waals surface area contributed by atoms with Crippen LogP contribution < -0.4 is 16.0 Å². The fourth-order valence-electron chi connectivity index (χ4n) is 4.05. The van der Waals surface area contributed by atoms with E-state index < -0.39 is 5.66 Å². The average Bonchev–Trinajstić information content (AvgIpc) is 3.06. The summed E-state index contributed by atoms with van der Waals surface area (Å²) in [6, 6.07) is 6.59. The molecule has 1 aliphatic heterocycles. The average molecular weight is 336 g/mol. The van der Waals surface area contributed by atoms with Crippen molar-refractivity contribution in [1.29, 1.82) is 0 Å². The summed E-state index contributed by atoms with van der Waals surface area (Å²) >= 11 is 0. The van der Waals surface area contributed by atoms with Crippen LogP contribution in [-0.2, 0) is 0 Å². The molecule has 6 heteroatoms. The number of nitrogens with two attached hydrogens (primary N) is 1. The topological polar surface area (TPSA) is 82.9 Å². The molecule has 2 aromatic heterocycles. The van der Waals surface area contributed by atoms with Gasteiger partial charge in [0.25, 0.3) is 0 Å². The summed E-state index contributed by atoms with van der Waals surface area (Å²) in [5, 5.41) is 4.56. The van der Waals surface area contributed by atoms with Crippen LogP contribution in [0.5, 0.6) is 0 Å². The molecule has 0 bridgehead atoms. The Balaban J connectivity index is 1.89. The van der Waals surface area contributed by atoms with E-state index in [1.165, 1.54) is 5.39 Å². The number of piperidine rings is 1. The van der Waals surface area contributed by atoms with E-state index >= 15 is 0 Å². The predicted molar refractivity (Wildman–Crippen MR) is 101 cm³/mol. The van der Waals surface area contributed by atoms with Gasteiger partial charge < -0.3 is 20.9 Å². The zero-order valence-electron chi connectivity index (χ0n) is 14.7. The molecule has 2 atom stereocenters. The molecule has 4 N–H and O–H groups in total. The third-order valence-corrected chi connectivity index (χ3v) is 5.36. The molecule has 0 unspecified atom stereocenters. The minimum atomic E-state index is -0.455. The van der Waals surface area contributed by atoms with Crippen LogP contribution in [0.15, 0.2) is 43.1 Å². The van der Waals surface area contributed by atoms with Gasteiger partial charge >= 0.3 is 0 Å². The molecule has 0 spiro atoms. The monoisotopic (exact) mass is 336 g/mol. The third kappa shape index (κ3) is 2.58. The lowest BCUT2D eigenvalue weighted by molar-refractivity contribution is 0.262. The van der Waals surface area contributed by atoms with Crippen molar-refractivity contribution in [3.8, 4) is 11.1 Å². The van der Waals surface area contributed by atoms with Crippen LogP contribution in [0, 0.1) is 0 Å². The van der Waals surface area contributed by atoms with E-state index in [4.69, 9.17) is 5.73 Å². The molecule has 6 nitrogen and oxygen atoms in total. The van der Waals surface area contributed by atoms with Gasteiger partial charge in [-0.15, -0.1) is 0 Å². The second-order valence-corrected chi connectivity index (χ2v) is 6.89. The van der Waals surface area contributed by atoms with E-state index in [-0.39, 0.29) is 6.04 Å². The highest BCUT2D eigenvalue weighted by molar-refractivity contribution is 6.04. The lowest BCUT2D eigenvalue weighted by Gasteiger charge is -2.49. The van der Waals surface area contributed by atoms with Crippen molar-refractivity contribution in [2.24, 2.45) is 5.73 Å². The number of anilines is 1. The second-order valence-electron chi connectivity index (χ2n) is 6.89. The first-order valence-electron chi connectivity index (χ1n) is 8.72. The van der Waals surface area contributed by atoms with Crippen LogP contribution in [0.1, 0.15) is 19.8 Å². The van der Waals surface area contributed by atoms with Crippen molar-refractivity contribution < 1.29 is 0 Å². The molecule has 0 aliphatic carbocycles. The van der Waals surface area contributed by atoms with Crippen molar-refractivity contribution in [3.05, 3.63) is 43.1 Å². The third-order valence-electron chi connectivity index (χ3n) is 5.36. The summed E-state index contributed by atoms with van der Waals surface area (Å²) in [6.07, 6.45) is 9.48. The van der Waals surface area contributed by atoms with Gasteiger partial charge in [-0.05, 0) is 38.9 Å². The number of fused-ring (bicyclic) bond motifs is 1. The number of likely N-dealkylation sites (N-methyl/N-ethyl adjacent to an activating group) is 1. The minimum absolute atomic E-state index is 0.249. The first-order valence-corrected chi connectivity index (χ1v) is 8.72. The predicted octanol–water partition coefficient (Wildman–Crippen LogP) is 2.49. The Morgan fingerprint density at radius 3 is 2.88 bits per heavy atom. The van der Waals surface area contributed by atoms with E-state index in [1.54, 1.807) is 6.33 Å². The summed E-state index contributed by atoms with van der Waals surface area (Å²) in [5.74, 6) is 0. The molecule has 1 aromatic carbocycles. The lowest BCUT2D eigenvalue weighted by Crippen LogP contribution is -2.68. The van der Waals surface area contributed by atoms with Gasteiger partial charge in [0.2, 0.25) is 0 Å². The Labute approximate surface area is 147 Å². The maximum Gasteiger partial charge on any atom is 0.115 e. The summed E-state index contributed by atoms with van der Waals surface area (Å²) in [5.41, 5.74) is 10.7. The fourth-order valence-corrected chi connectivity index (χ4v) is 4.05. The lowest BCUT2D eigenvalue weighted by atomic mass is 9.90. The normalized spacial score (nSPS) is 24.0. The Hall–Kier alpha value is -2.44. The number of aromatic nitrogens is 3. The molecule has 1 aliphatic rings. The van der Waals surface area contributed by atoms with Gasteiger partial charge in [0.15, 0.2) is 0 Å². The molecule has 130 valence electrons. The maximum absolute atomic E-state index is 6.79. The molecule has 0 radical (unpaired) electrons. The van der Waals surface area contributed by atoms with Crippen LogP contribution >= 0.6 is 0 Å². The van der Waals surface area contributed by atoms with E-state index in [1.807, 2.05) is 25.6 Å². The van der Waals surface area contributed by atoms with Crippen LogP contribution in [0.25, 0.3) is 22.0 Å². The standard InChI is InChI=1S/C19H24N6/c1-19(20)17(21-2)7-4-8-25(19)16-6-3-5-15-18(16)14(11-24-15)13-9-22-12-23-10-13/h3,5-6,9-12,17,21,24H,4,7-8,20H2,1-2H3/t17-,19+/m1/s1. The Kier molecular flexibility index (Phi) is 3.94. The van der Waals surface area contributed by atoms with Crippen molar-refractivity contribution >= 4 is 16.6 Å². The van der Waals surface area contributed by atoms with E-state index in [2.05, 4.69) is 50.3 Å². The second kappa shape index (κ2) is 6.13. The smallest absolute Gasteiger partial charge is 0.115 e. The van der Waals surface area contributed by atoms with Gasteiger partial charge in [0, 0.05) is 58.9 Å². The van der Waals surface area contributed by atoms with Gasteiger partial charge in [0.1, 0.15) is 12.0 Å². The van der Waals surface area contributed by atoms with Gasteiger partial charge in [0.05, 0.1) is 0 Å². The Morgan fingerprint density at radius 2 is 2.12 bits per heavy atom. The number of nitrogens with zero attached hydrogens (tertiary/aromatic N) is 3. The molecule has 1 fully saturated rings. The van der Waals surface area contributed by atoms with Crippen molar-refractivity contribution in [3.63, 3.8) is 0 Å². The van der Waals surface area contributed by atoms with Crippen LogP contribution in [0.2, 0.25) is 0 Å².